The second-order valence-electron chi connectivity index (χ2n) is 3.71. The maximum Gasteiger partial charge on any atom is 0.0646 e. The van der Waals surface area contributed by atoms with Crippen molar-refractivity contribution in [1.29, 1.82) is 0 Å². The highest BCUT2D eigenvalue weighted by Gasteiger charge is 2.05. The van der Waals surface area contributed by atoms with E-state index in [0.29, 0.717) is 6.54 Å². The zero-order chi connectivity index (χ0) is 11.4. The molecule has 0 aliphatic heterocycles. The fraction of sp³-hybridized carbons (Fsp3) is 0.231. The molecule has 3 heteroatoms. The average molecular weight is 235 g/mol. The third kappa shape index (κ3) is 2.29. The lowest BCUT2D eigenvalue weighted by Gasteiger charge is -2.10. The van der Waals surface area contributed by atoms with Crippen LogP contribution in [0.5, 0.6) is 0 Å². The zero-order valence-electron chi connectivity index (χ0n) is 9.07. The molecule has 1 aromatic carbocycles. The normalized spacial score (nSPS) is 10.6. The van der Waals surface area contributed by atoms with Crippen molar-refractivity contribution < 1.29 is 0 Å². The SMILES string of the molecule is NCCCc1cccn1-c1ccccc1Cl. The van der Waals surface area contributed by atoms with Gasteiger partial charge in [0, 0.05) is 11.9 Å². The van der Waals surface area contributed by atoms with Gasteiger partial charge in [-0.2, -0.15) is 0 Å². The largest absolute Gasteiger partial charge is 0.330 e. The second-order valence-corrected chi connectivity index (χ2v) is 4.12. The number of nitrogens with two attached hydrogens (primary N) is 1. The van der Waals surface area contributed by atoms with E-state index in [1.165, 1.54) is 5.69 Å². The van der Waals surface area contributed by atoms with E-state index >= 15 is 0 Å². The van der Waals surface area contributed by atoms with Gasteiger partial charge in [0.05, 0.1) is 10.7 Å². The Bertz CT molecular complexity index is 462. The molecule has 0 spiro atoms. The number of benzene rings is 1. The molecule has 2 rings (SSSR count). The Morgan fingerprint density at radius 2 is 1.94 bits per heavy atom. The number of aromatic nitrogens is 1. The molecule has 2 nitrogen and oxygen atoms in total. The van der Waals surface area contributed by atoms with Crippen LogP contribution in [0.2, 0.25) is 5.02 Å². The summed E-state index contributed by atoms with van der Waals surface area (Å²) in [7, 11) is 0. The number of nitrogens with zero attached hydrogens (tertiary/aromatic N) is 1. The van der Waals surface area contributed by atoms with Crippen LogP contribution >= 0.6 is 11.6 Å². The van der Waals surface area contributed by atoms with Crippen LogP contribution in [-0.2, 0) is 6.42 Å². The van der Waals surface area contributed by atoms with E-state index in [4.69, 9.17) is 17.3 Å². The van der Waals surface area contributed by atoms with Crippen LogP contribution in [0, 0.1) is 0 Å². The number of rotatable bonds is 4. The first-order chi connectivity index (χ1) is 7.83. The summed E-state index contributed by atoms with van der Waals surface area (Å²) in [5.41, 5.74) is 7.81. The Hall–Kier alpha value is -1.25. The molecule has 2 aromatic rings. The Morgan fingerprint density at radius 1 is 1.12 bits per heavy atom. The van der Waals surface area contributed by atoms with Gasteiger partial charge in [-0.3, -0.25) is 0 Å². The summed E-state index contributed by atoms with van der Waals surface area (Å²) in [5.74, 6) is 0. The molecule has 0 saturated heterocycles. The lowest BCUT2D eigenvalue weighted by molar-refractivity contribution is 0.789. The number of halogens is 1. The van der Waals surface area contributed by atoms with Gasteiger partial charge in [-0.25, -0.2) is 0 Å². The first-order valence-electron chi connectivity index (χ1n) is 5.44. The van der Waals surface area contributed by atoms with Crippen LogP contribution in [0.1, 0.15) is 12.1 Å². The predicted octanol–water partition coefficient (Wildman–Crippen LogP) is 3.02. The van der Waals surface area contributed by atoms with Gasteiger partial charge in [0.25, 0.3) is 0 Å². The molecule has 0 radical (unpaired) electrons. The predicted molar refractivity (Wildman–Crippen MR) is 68.2 cm³/mol. The second kappa shape index (κ2) is 5.19. The van der Waals surface area contributed by atoms with Crippen molar-refractivity contribution in [3.05, 3.63) is 53.3 Å². The molecule has 0 atom stereocenters. The van der Waals surface area contributed by atoms with Crippen LogP contribution < -0.4 is 5.73 Å². The molecule has 84 valence electrons. The summed E-state index contributed by atoms with van der Waals surface area (Å²) in [6, 6.07) is 12.0. The average Bonchev–Trinajstić information content (AvgIpc) is 2.75. The fourth-order valence-electron chi connectivity index (χ4n) is 1.79. The Balaban J connectivity index is 2.33. The monoisotopic (exact) mass is 234 g/mol. The summed E-state index contributed by atoms with van der Waals surface area (Å²) < 4.78 is 2.12. The quantitative estimate of drug-likeness (QED) is 0.866. The third-order valence-electron chi connectivity index (χ3n) is 2.58. The van der Waals surface area contributed by atoms with Crippen LogP contribution in [0.25, 0.3) is 5.69 Å². The smallest absolute Gasteiger partial charge is 0.0646 e. The minimum atomic E-state index is 0.716. The van der Waals surface area contributed by atoms with Gasteiger partial charge in [0.1, 0.15) is 0 Å². The topological polar surface area (TPSA) is 30.9 Å². The van der Waals surface area contributed by atoms with E-state index in [2.05, 4.69) is 10.6 Å². The van der Waals surface area contributed by atoms with E-state index in [0.717, 1.165) is 23.6 Å². The Labute approximate surface area is 101 Å². The minimum absolute atomic E-state index is 0.716. The molecule has 2 N–H and O–H groups in total. The van der Waals surface area contributed by atoms with Gasteiger partial charge >= 0.3 is 0 Å². The van der Waals surface area contributed by atoms with E-state index in [9.17, 15) is 0 Å². The number of aryl methyl sites for hydroxylation is 1. The molecule has 0 aliphatic carbocycles. The molecule has 0 amide bonds. The number of para-hydroxylation sites is 1. The van der Waals surface area contributed by atoms with Crippen molar-refractivity contribution in [3.63, 3.8) is 0 Å². The van der Waals surface area contributed by atoms with Crippen molar-refractivity contribution in [2.24, 2.45) is 5.73 Å². The third-order valence-corrected chi connectivity index (χ3v) is 2.90. The summed E-state index contributed by atoms with van der Waals surface area (Å²) in [5, 5.41) is 0.771. The standard InChI is InChI=1S/C13H15ClN2/c14-12-7-1-2-8-13(12)16-10-4-6-11(16)5-3-9-15/h1-2,4,6-8,10H,3,5,9,15H2. The molecule has 0 aliphatic rings. The highest BCUT2D eigenvalue weighted by atomic mass is 35.5. The molecule has 0 saturated carbocycles. The van der Waals surface area contributed by atoms with Crippen molar-refractivity contribution >= 4 is 11.6 Å². The lowest BCUT2D eigenvalue weighted by Crippen LogP contribution is -2.04. The fourth-order valence-corrected chi connectivity index (χ4v) is 2.01. The van der Waals surface area contributed by atoms with Gasteiger partial charge in [-0.15, -0.1) is 0 Å². The summed E-state index contributed by atoms with van der Waals surface area (Å²) in [6.45, 7) is 0.716. The molecule has 0 fully saturated rings. The van der Waals surface area contributed by atoms with Crippen molar-refractivity contribution in [1.82, 2.24) is 4.57 Å². The maximum atomic E-state index is 6.18. The van der Waals surface area contributed by atoms with E-state index < -0.39 is 0 Å². The molecular formula is C13H15ClN2. The van der Waals surface area contributed by atoms with Crippen LogP contribution in [0.15, 0.2) is 42.6 Å². The molecule has 16 heavy (non-hydrogen) atoms. The summed E-state index contributed by atoms with van der Waals surface area (Å²) in [4.78, 5) is 0. The van der Waals surface area contributed by atoms with Crippen molar-refractivity contribution in [2.45, 2.75) is 12.8 Å². The van der Waals surface area contributed by atoms with Crippen molar-refractivity contribution in [3.8, 4) is 5.69 Å². The molecular weight excluding hydrogens is 220 g/mol. The lowest BCUT2D eigenvalue weighted by atomic mass is 10.2. The first-order valence-corrected chi connectivity index (χ1v) is 5.82. The van der Waals surface area contributed by atoms with Gasteiger partial charge in [0.2, 0.25) is 0 Å². The van der Waals surface area contributed by atoms with Gasteiger partial charge in [-0.05, 0) is 43.7 Å². The summed E-state index contributed by atoms with van der Waals surface area (Å²) in [6.07, 6.45) is 4.01. The van der Waals surface area contributed by atoms with E-state index in [-0.39, 0.29) is 0 Å². The first kappa shape index (κ1) is 11.2. The Morgan fingerprint density at radius 3 is 2.69 bits per heavy atom. The molecule has 1 heterocycles. The Kier molecular flexibility index (Phi) is 3.65. The van der Waals surface area contributed by atoms with Crippen LogP contribution in [0.4, 0.5) is 0 Å². The minimum Gasteiger partial charge on any atom is -0.330 e. The molecule has 0 unspecified atom stereocenters. The molecule has 1 aromatic heterocycles. The van der Waals surface area contributed by atoms with Gasteiger partial charge < -0.3 is 10.3 Å². The maximum absolute atomic E-state index is 6.18. The molecule has 0 bridgehead atoms. The number of hydrogen-bond donors (Lipinski definition) is 1. The van der Waals surface area contributed by atoms with Crippen molar-refractivity contribution in [2.75, 3.05) is 6.54 Å². The summed E-state index contributed by atoms with van der Waals surface area (Å²) >= 11 is 6.18. The highest BCUT2D eigenvalue weighted by molar-refractivity contribution is 6.32. The van der Waals surface area contributed by atoms with Gasteiger partial charge in [0.15, 0.2) is 0 Å². The van der Waals surface area contributed by atoms with Crippen LogP contribution in [0.3, 0.4) is 0 Å². The van der Waals surface area contributed by atoms with E-state index in [1.54, 1.807) is 0 Å². The highest BCUT2D eigenvalue weighted by Crippen LogP contribution is 2.22. The van der Waals surface area contributed by atoms with E-state index in [1.807, 2.05) is 36.5 Å². The van der Waals surface area contributed by atoms with Gasteiger partial charge in [-0.1, -0.05) is 23.7 Å². The number of hydrogen-bond acceptors (Lipinski definition) is 1. The zero-order valence-corrected chi connectivity index (χ0v) is 9.82. The van der Waals surface area contributed by atoms with Crippen LogP contribution in [-0.4, -0.2) is 11.1 Å².